The van der Waals surface area contributed by atoms with Crippen LogP contribution in [0.1, 0.15) is 17.3 Å². The van der Waals surface area contributed by atoms with E-state index in [1.807, 2.05) is 71.3 Å². The lowest BCUT2D eigenvalue weighted by molar-refractivity contribution is 0.284. The van der Waals surface area contributed by atoms with Gasteiger partial charge in [0.2, 0.25) is 5.95 Å². The molecule has 1 aliphatic heterocycles. The van der Waals surface area contributed by atoms with E-state index in [4.69, 9.17) is 15.2 Å². The Kier molecular flexibility index (Phi) is 4.99. The van der Waals surface area contributed by atoms with Crippen molar-refractivity contribution in [2.45, 2.75) is 12.8 Å². The van der Waals surface area contributed by atoms with Crippen LogP contribution in [-0.2, 0) is 6.61 Å². The molecule has 3 aromatic carbocycles. The van der Waals surface area contributed by atoms with E-state index >= 15 is 0 Å². The molecule has 1 aliphatic rings. The average Bonchev–Trinajstić information content (AvgIpc) is 3.16. The third-order valence-corrected chi connectivity index (χ3v) is 5.66. The van der Waals surface area contributed by atoms with Crippen molar-refractivity contribution in [2.24, 2.45) is 10.7 Å². The van der Waals surface area contributed by atoms with Gasteiger partial charge in [0.1, 0.15) is 6.61 Å². The van der Waals surface area contributed by atoms with Crippen LogP contribution in [0.4, 0.5) is 5.95 Å². The van der Waals surface area contributed by atoms with Crippen LogP contribution >= 0.6 is 15.9 Å². The zero-order valence-corrected chi connectivity index (χ0v) is 18.3. The Bertz CT molecular complexity index is 1280. The normalized spacial score (nSPS) is 15.2. The first-order chi connectivity index (χ1) is 15.1. The van der Waals surface area contributed by atoms with Gasteiger partial charge < -0.3 is 15.2 Å². The highest BCUT2D eigenvalue weighted by Gasteiger charge is 2.25. The number of aromatic nitrogens is 2. The number of ether oxygens (including phenoxy) is 2. The van der Waals surface area contributed by atoms with E-state index < -0.39 is 0 Å². The molecule has 3 N–H and O–H groups in total. The number of halogens is 1. The minimum absolute atomic E-state index is 0.322. The molecule has 7 nitrogen and oxygen atoms in total. The molecule has 1 atom stereocenters. The fraction of sp³-hybridized carbons (Fsp3) is 0.130. The van der Waals surface area contributed by atoms with Crippen LogP contribution in [0.3, 0.4) is 0 Å². The highest BCUT2D eigenvalue weighted by atomic mass is 79.9. The minimum Gasteiger partial charge on any atom is -0.493 e. The van der Waals surface area contributed by atoms with Crippen molar-refractivity contribution in [1.29, 1.82) is 0 Å². The lowest BCUT2D eigenvalue weighted by atomic mass is 10.1. The first-order valence-corrected chi connectivity index (χ1v) is 10.5. The number of para-hydroxylation sites is 2. The van der Waals surface area contributed by atoms with Crippen LogP contribution in [0.25, 0.3) is 11.0 Å². The Labute approximate surface area is 187 Å². The number of rotatable bonds is 5. The summed E-state index contributed by atoms with van der Waals surface area (Å²) >= 11 is 3.45. The predicted molar refractivity (Wildman–Crippen MR) is 125 cm³/mol. The summed E-state index contributed by atoms with van der Waals surface area (Å²) in [6.07, 6.45) is -0.363. The minimum atomic E-state index is -0.363. The van der Waals surface area contributed by atoms with Gasteiger partial charge in [0.05, 0.1) is 18.1 Å². The van der Waals surface area contributed by atoms with Crippen molar-refractivity contribution in [2.75, 3.05) is 12.4 Å². The molecule has 0 aliphatic carbocycles. The van der Waals surface area contributed by atoms with E-state index in [2.05, 4.69) is 31.2 Å². The van der Waals surface area contributed by atoms with Crippen molar-refractivity contribution in [3.05, 3.63) is 82.3 Å². The van der Waals surface area contributed by atoms with Crippen molar-refractivity contribution in [1.82, 2.24) is 9.55 Å². The zero-order chi connectivity index (χ0) is 21.4. The molecule has 1 aromatic heterocycles. The van der Waals surface area contributed by atoms with Crippen molar-refractivity contribution in [3.63, 3.8) is 0 Å². The Hall–Kier alpha value is -3.52. The number of nitrogens with two attached hydrogens (primary N) is 1. The Balaban J connectivity index is 1.48. The van der Waals surface area contributed by atoms with Gasteiger partial charge in [0, 0.05) is 10.0 Å². The first kappa shape index (κ1) is 19.4. The van der Waals surface area contributed by atoms with E-state index in [1.54, 1.807) is 7.11 Å². The van der Waals surface area contributed by atoms with Gasteiger partial charge in [-0.25, -0.2) is 9.98 Å². The van der Waals surface area contributed by atoms with E-state index in [0.717, 1.165) is 26.6 Å². The van der Waals surface area contributed by atoms with Crippen LogP contribution in [0.2, 0.25) is 0 Å². The Morgan fingerprint density at radius 1 is 1.06 bits per heavy atom. The maximum Gasteiger partial charge on any atom is 0.212 e. The second-order valence-electron chi connectivity index (χ2n) is 7.13. The lowest BCUT2D eigenvalue weighted by Crippen LogP contribution is -2.31. The monoisotopic (exact) mass is 477 g/mol. The summed E-state index contributed by atoms with van der Waals surface area (Å²) < 4.78 is 14.7. The predicted octanol–water partition coefficient (Wildman–Crippen LogP) is 4.67. The van der Waals surface area contributed by atoms with Crippen molar-refractivity contribution >= 4 is 38.9 Å². The van der Waals surface area contributed by atoms with Gasteiger partial charge in [-0.1, -0.05) is 46.3 Å². The molecule has 0 saturated carbocycles. The molecule has 0 unspecified atom stereocenters. The number of methoxy groups -OCH3 is 1. The fourth-order valence-corrected chi connectivity index (χ4v) is 3.91. The number of hydrogen-bond acceptors (Lipinski definition) is 6. The van der Waals surface area contributed by atoms with Crippen LogP contribution in [0, 0.1) is 0 Å². The molecule has 4 aromatic rings. The van der Waals surface area contributed by atoms with Gasteiger partial charge in [0.25, 0.3) is 0 Å². The lowest BCUT2D eigenvalue weighted by Gasteiger charge is -2.24. The fourth-order valence-electron chi connectivity index (χ4n) is 3.65. The molecule has 0 amide bonds. The summed E-state index contributed by atoms with van der Waals surface area (Å²) in [6, 6.07) is 21.8. The van der Waals surface area contributed by atoms with E-state index in [-0.39, 0.29) is 6.17 Å². The van der Waals surface area contributed by atoms with Crippen LogP contribution < -0.4 is 20.5 Å². The molecule has 156 valence electrons. The number of anilines is 1. The Morgan fingerprint density at radius 2 is 1.87 bits per heavy atom. The largest absolute Gasteiger partial charge is 0.493 e. The van der Waals surface area contributed by atoms with Gasteiger partial charge in [0.15, 0.2) is 23.6 Å². The van der Waals surface area contributed by atoms with Crippen molar-refractivity contribution < 1.29 is 9.47 Å². The number of fused-ring (bicyclic) bond motifs is 3. The SMILES string of the molecule is COc1cc([C@@H]2N=C(N)Nc3nc4ccccc4n32)ccc1OCc1ccc(Br)cc1. The molecule has 0 radical (unpaired) electrons. The van der Waals surface area contributed by atoms with Gasteiger partial charge in [-0.05, 0) is 42.0 Å². The molecule has 8 heteroatoms. The summed E-state index contributed by atoms with van der Waals surface area (Å²) in [5.41, 5.74) is 9.89. The highest BCUT2D eigenvalue weighted by molar-refractivity contribution is 9.10. The number of aliphatic imine (C=N–C) groups is 1. The van der Waals surface area contributed by atoms with E-state index in [9.17, 15) is 0 Å². The summed E-state index contributed by atoms with van der Waals surface area (Å²) in [7, 11) is 1.63. The summed E-state index contributed by atoms with van der Waals surface area (Å²) in [5.74, 6) is 2.28. The third kappa shape index (κ3) is 3.70. The summed E-state index contributed by atoms with van der Waals surface area (Å²) in [5, 5.41) is 3.05. The molecule has 0 bridgehead atoms. The number of nitrogens with zero attached hydrogens (tertiary/aromatic N) is 3. The standard InChI is InChI=1S/C23H20BrN5O2/c1-30-20-12-15(8-11-19(20)31-13-14-6-9-16(24)10-7-14)21-27-22(25)28-23-26-17-4-2-3-5-18(17)29(21)23/h2-12,21H,13H2,1H3,(H3,25,26,27,28)/t21-/m1/s1. The summed E-state index contributed by atoms with van der Waals surface area (Å²) in [4.78, 5) is 9.27. The van der Waals surface area contributed by atoms with Gasteiger partial charge in [-0.2, -0.15) is 0 Å². The highest BCUT2D eigenvalue weighted by Crippen LogP contribution is 2.36. The maximum absolute atomic E-state index is 6.05. The molecular formula is C23H20BrN5O2. The Morgan fingerprint density at radius 3 is 2.68 bits per heavy atom. The van der Waals surface area contributed by atoms with Gasteiger partial charge in [-0.3, -0.25) is 9.88 Å². The van der Waals surface area contributed by atoms with Crippen LogP contribution in [0.5, 0.6) is 11.5 Å². The van der Waals surface area contributed by atoms with Crippen LogP contribution in [0.15, 0.2) is 76.2 Å². The van der Waals surface area contributed by atoms with E-state index in [1.165, 1.54) is 0 Å². The second kappa shape index (κ2) is 7.96. The van der Waals surface area contributed by atoms with Crippen LogP contribution in [-0.4, -0.2) is 22.6 Å². The topological polar surface area (TPSA) is 86.7 Å². The first-order valence-electron chi connectivity index (χ1n) is 9.75. The number of nitrogens with one attached hydrogen (secondary N) is 1. The average molecular weight is 478 g/mol. The maximum atomic E-state index is 6.05. The van der Waals surface area contributed by atoms with E-state index in [0.29, 0.717) is 30.0 Å². The van der Waals surface area contributed by atoms with Gasteiger partial charge in [-0.15, -0.1) is 0 Å². The third-order valence-electron chi connectivity index (χ3n) is 5.14. The smallest absolute Gasteiger partial charge is 0.212 e. The molecular weight excluding hydrogens is 458 g/mol. The molecule has 0 saturated heterocycles. The number of benzene rings is 3. The molecule has 0 fully saturated rings. The molecule has 5 rings (SSSR count). The van der Waals surface area contributed by atoms with Crippen molar-refractivity contribution in [3.8, 4) is 11.5 Å². The quantitative estimate of drug-likeness (QED) is 0.435. The number of imidazole rings is 1. The molecule has 0 spiro atoms. The molecule has 2 heterocycles. The molecule has 31 heavy (non-hydrogen) atoms. The number of guanidine groups is 1. The zero-order valence-electron chi connectivity index (χ0n) is 16.7. The summed E-state index contributed by atoms with van der Waals surface area (Å²) in [6.45, 7) is 0.442. The number of hydrogen-bond donors (Lipinski definition) is 2. The second-order valence-corrected chi connectivity index (χ2v) is 8.05. The van der Waals surface area contributed by atoms with Gasteiger partial charge >= 0.3 is 0 Å².